The Kier molecular flexibility index (Phi) is 7.11. The van der Waals surface area contributed by atoms with Gasteiger partial charge in [-0.2, -0.15) is 0 Å². The molecule has 0 saturated heterocycles. The molecule has 1 amide bonds. The van der Waals surface area contributed by atoms with Crippen LogP contribution in [0.1, 0.15) is 17.0 Å². The number of nitrogens with zero attached hydrogens (tertiary/aromatic N) is 4. The van der Waals surface area contributed by atoms with Gasteiger partial charge in [-0.05, 0) is 17.2 Å². The van der Waals surface area contributed by atoms with Gasteiger partial charge in [-0.25, -0.2) is 0 Å². The van der Waals surface area contributed by atoms with Gasteiger partial charge in [-0.15, -0.1) is 10.2 Å². The minimum absolute atomic E-state index is 0.0754. The fourth-order valence-electron chi connectivity index (χ4n) is 3.28. The molecule has 0 spiro atoms. The Morgan fingerprint density at radius 3 is 2.33 bits per heavy atom. The van der Waals surface area contributed by atoms with Crippen LogP contribution < -0.4 is 5.32 Å². The van der Waals surface area contributed by atoms with Crippen LogP contribution in [-0.4, -0.2) is 31.3 Å². The maximum Gasteiger partial charge on any atom is 0.271 e. The lowest BCUT2D eigenvalue weighted by Gasteiger charge is -2.11. The Morgan fingerprint density at radius 1 is 0.939 bits per heavy atom. The summed E-state index contributed by atoms with van der Waals surface area (Å²) in [4.78, 5) is 22.9. The zero-order valence-electron chi connectivity index (χ0n) is 17.6. The number of carbonyl (C=O) groups is 1. The third-order valence-corrected chi connectivity index (χ3v) is 5.82. The average molecular weight is 460 g/mol. The molecule has 0 fully saturated rings. The summed E-state index contributed by atoms with van der Waals surface area (Å²) < 4.78 is 2.02. The summed E-state index contributed by atoms with van der Waals surface area (Å²) in [5.41, 5.74) is 2.53. The largest absolute Gasteiger partial charge is 0.325 e. The number of benzene rings is 3. The average Bonchev–Trinajstić information content (AvgIpc) is 3.20. The summed E-state index contributed by atoms with van der Waals surface area (Å²) in [6.45, 7) is 0.588. The van der Waals surface area contributed by atoms with Gasteiger partial charge in [-0.3, -0.25) is 14.9 Å². The van der Waals surface area contributed by atoms with Gasteiger partial charge >= 0.3 is 0 Å². The van der Waals surface area contributed by atoms with Crippen molar-refractivity contribution in [1.29, 1.82) is 0 Å². The first kappa shape index (κ1) is 22.2. The molecule has 8 nitrogen and oxygen atoms in total. The third kappa shape index (κ3) is 6.05. The fraction of sp³-hybridized carbons (Fsp3) is 0.125. The van der Waals surface area contributed by atoms with Gasteiger partial charge < -0.3 is 9.88 Å². The van der Waals surface area contributed by atoms with Gasteiger partial charge in [0, 0.05) is 24.2 Å². The molecule has 0 saturated carbocycles. The lowest BCUT2D eigenvalue weighted by molar-refractivity contribution is -0.384. The number of amides is 1. The number of carbonyl (C=O) groups excluding carboxylic acids is 1. The standard InChI is InChI=1S/C24H21N5O3S/c30-23(25-20-12-7-13-21(15-20)29(31)32)17-33-24-27-26-22(14-18-8-3-1-4-9-18)28(24)16-19-10-5-2-6-11-19/h1-13,15H,14,16-17H2,(H,25,30). The van der Waals surface area contributed by atoms with Crippen molar-refractivity contribution in [1.82, 2.24) is 14.8 Å². The van der Waals surface area contributed by atoms with Gasteiger partial charge in [0.2, 0.25) is 5.91 Å². The lowest BCUT2D eigenvalue weighted by Crippen LogP contribution is -2.15. The van der Waals surface area contributed by atoms with Crippen LogP contribution in [-0.2, 0) is 17.8 Å². The van der Waals surface area contributed by atoms with Crippen LogP contribution >= 0.6 is 11.8 Å². The molecule has 0 bridgehead atoms. The molecule has 0 aliphatic carbocycles. The zero-order chi connectivity index (χ0) is 23.0. The van der Waals surface area contributed by atoms with Crippen molar-refractivity contribution in [2.45, 2.75) is 18.1 Å². The molecule has 9 heteroatoms. The first-order valence-electron chi connectivity index (χ1n) is 10.3. The molecule has 0 aliphatic rings. The third-order valence-electron chi connectivity index (χ3n) is 4.86. The second-order valence-electron chi connectivity index (χ2n) is 7.28. The number of nitro groups is 1. The molecule has 0 aliphatic heterocycles. The molecule has 0 radical (unpaired) electrons. The minimum atomic E-state index is -0.495. The highest BCUT2D eigenvalue weighted by atomic mass is 32.2. The number of hydrogen-bond donors (Lipinski definition) is 1. The lowest BCUT2D eigenvalue weighted by atomic mass is 10.1. The van der Waals surface area contributed by atoms with Crippen molar-refractivity contribution in [3.8, 4) is 0 Å². The van der Waals surface area contributed by atoms with Crippen molar-refractivity contribution >= 4 is 29.0 Å². The molecular weight excluding hydrogens is 438 g/mol. The van der Waals surface area contributed by atoms with E-state index in [1.54, 1.807) is 6.07 Å². The smallest absolute Gasteiger partial charge is 0.271 e. The Balaban J connectivity index is 1.48. The van der Waals surface area contributed by atoms with Gasteiger partial charge in [0.05, 0.1) is 17.2 Å². The quantitative estimate of drug-likeness (QED) is 0.224. The number of rotatable bonds is 9. The van der Waals surface area contributed by atoms with Crippen molar-refractivity contribution in [3.63, 3.8) is 0 Å². The molecule has 33 heavy (non-hydrogen) atoms. The van der Waals surface area contributed by atoms with Crippen LogP contribution in [0.5, 0.6) is 0 Å². The van der Waals surface area contributed by atoms with E-state index >= 15 is 0 Å². The summed E-state index contributed by atoms with van der Waals surface area (Å²) in [6.07, 6.45) is 0.626. The van der Waals surface area contributed by atoms with Crippen molar-refractivity contribution < 1.29 is 9.72 Å². The van der Waals surface area contributed by atoms with E-state index in [1.807, 2.05) is 65.2 Å². The summed E-state index contributed by atoms with van der Waals surface area (Å²) in [7, 11) is 0. The van der Waals surface area contributed by atoms with Crippen LogP contribution in [0.3, 0.4) is 0 Å². The van der Waals surface area contributed by atoms with Crippen LogP contribution in [0.2, 0.25) is 0 Å². The molecule has 0 unspecified atom stereocenters. The van der Waals surface area contributed by atoms with Crippen molar-refractivity contribution in [2.24, 2.45) is 0 Å². The molecule has 0 atom stereocenters. The van der Waals surface area contributed by atoms with Crippen molar-refractivity contribution in [2.75, 3.05) is 11.1 Å². The number of aromatic nitrogens is 3. The number of nitro benzene ring substituents is 1. The fourth-order valence-corrected chi connectivity index (χ4v) is 4.04. The number of thioether (sulfide) groups is 1. The van der Waals surface area contributed by atoms with Crippen molar-refractivity contribution in [3.05, 3.63) is 112 Å². The highest BCUT2D eigenvalue weighted by Crippen LogP contribution is 2.22. The Labute approximate surface area is 194 Å². The van der Waals surface area contributed by atoms with Crippen LogP contribution in [0.4, 0.5) is 11.4 Å². The molecule has 3 aromatic carbocycles. The maximum absolute atomic E-state index is 12.5. The summed E-state index contributed by atoms with van der Waals surface area (Å²) >= 11 is 1.28. The Morgan fingerprint density at radius 2 is 1.64 bits per heavy atom. The number of hydrogen-bond acceptors (Lipinski definition) is 6. The van der Waals surface area contributed by atoms with Gasteiger partial charge in [0.25, 0.3) is 5.69 Å². The molecule has 4 rings (SSSR count). The summed E-state index contributed by atoms with van der Waals surface area (Å²) in [5, 5.41) is 23.0. The Bertz CT molecular complexity index is 1250. The van der Waals surface area contributed by atoms with Gasteiger partial charge in [0.15, 0.2) is 5.16 Å². The van der Waals surface area contributed by atoms with E-state index in [9.17, 15) is 14.9 Å². The van der Waals surface area contributed by atoms with E-state index < -0.39 is 4.92 Å². The van der Waals surface area contributed by atoms with Crippen LogP contribution in [0.15, 0.2) is 90.1 Å². The molecule has 1 heterocycles. The summed E-state index contributed by atoms with van der Waals surface area (Å²) in [5.74, 6) is 0.632. The second-order valence-corrected chi connectivity index (χ2v) is 8.22. The number of nitrogens with one attached hydrogen (secondary N) is 1. The number of non-ortho nitro benzene ring substituents is 1. The molecule has 1 N–H and O–H groups in total. The topological polar surface area (TPSA) is 103 Å². The van der Waals surface area contributed by atoms with Gasteiger partial charge in [0.1, 0.15) is 5.82 Å². The maximum atomic E-state index is 12.5. The van der Waals surface area contributed by atoms with E-state index in [0.29, 0.717) is 23.8 Å². The highest BCUT2D eigenvalue weighted by molar-refractivity contribution is 7.99. The van der Waals surface area contributed by atoms with E-state index in [-0.39, 0.29) is 17.3 Å². The first-order chi connectivity index (χ1) is 16.1. The molecule has 4 aromatic rings. The first-order valence-corrected chi connectivity index (χ1v) is 11.2. The van der Waals surface area contributed by atoms with E-state index in [4.69, 9.17) is 0 Å². The predicted molar refractivity (Wildman–Crippen MR) is 127 cm³/mol. The van der Waals surface area contributed by atoms with E-state index in [1.165, 1.54) is 30.0 Å². The monoisotopic (exact) mass is 459 g/mol. The van der Waals surface area contributed by atoms with Gasteiger partial charge in [-0.1, -0.05) is 78.5 Å². The SMILES string of the molecule is O=C(CSc1nnc(Cc2ccccc2)n1Cc1ccccc1)Nc1cccc([N+](=O)[O-])c1. The Hall–Kier alpha value is -3.98. The minimum Gasteiger partial charge on any atom is -0.325 e. The normalized spacial score (nSPS) is 10.7. The highest BCUT2D eigenvalue weighted by Gasteiger charge is 2.16. The van der Waals surface area contributed by atoms with Crippen LogP contribution in [0, 0.1) is 10.1 Å². The van der Waals surface area contributed by atoms with E-state index in [0.717, 1.165) is 17.0 Å². The number of anilines is 1. The second kappa shape index (κ2) is 10.6. The predicted octanol–water partition coefficient (Wildman–Crippen LogP) is 4.56. The zero-order valence-corrected chi connectivity index (χ0v) is 18.4. The molecule has 1 aromatic heterocycles. The summed E-state index contributed by atoms with van der Waals surface area (Å²) in [6, 6.07) is 25.9. The van der Waals surface area contributed by atoms with Crippen LogP contribution in [0.25, 0.3) is 0 Å². The molecule has 166 valence electrons. The molecular formula is C24H21N5O3S. The van der Waals surface area contributed by atoms with E-state index in [2.05, 4.69) is 15.5 Å².